The van der Waals surface area contributed by atoms with Crippen LogP contribution >= 0.6 is 0 Å². The third kappa shape index (κ3) is 4.40. The molecule has 6 heteroatoms. The Morgan fingerprint density at radius 1 is 1.08 bits per heavy atom. The molecule has 13 atom stereocenters. The highest BCUT2D eigenvalue weighted by atomic mass is 16.3. The van der Waals surface area contributed by atoms with E-state index in [2.05, 4.69) is 36.8 Å². The maximum atomic E-state index is 12.3. The van der Waals surface area contributed by atoms with E-state index < -0.39 is 5.60 Å². The minimum absolute atomic E-state index is 0.0828. The van der Waals surface area contributed by atoms with Crippen molar-refractivity contribution in [2.75, 3.05) is 27.2 Å². The predicted octanol–water partition coefficient (Wildman–Crippen LogP) is 3.83. The van der Waals surface area contributed by atoms with Crippen molar-refractivity contribution in [2.24, 2.45) is 45.8 Å². The summed E-state index contributed by atoms with van der Waals surface area (Å²) in [5, 5.41) is 45.3. The van der Waals surface area contributed by atoms with Crippen molar-refractivity contribution >= 4 is 0 Å². The molecule has 1 saturated heterocycles. The molecule has 5 aliphatic carbocycles. The highest BCUT2D eigenvalue weighted by Crippen LogP contribution is 2.82. The second-order valence-corrected chi connectivity index (χ2v) is 16.0. The smallest absolute Gasteiger partial charge is 0.0687 e. The van der Waals surface area contributed by atoms with Crippen LogP contribution in [0.5, 0.6) is 0 Å². The molecule has 6 aliphatic rings. The summed E-state index contributed by atoms with van der Waals surface area (Å²) in [6.45, 7) is 5.88. The van der Waals surface area contributed by atoms with Crippen LogP contribution < -0.4 is 16.0 Å². The van der Waals surface area contributed by atoms with Gasteiger partial charge < -0.3 is 31.3 Å². The van der Waals surface area contributed by atoms with E-state index in [1.165, 1.54) is 38.5 Å². The molecule has 6 N–H and O–H groups in total. The van der Waals surface area contributed by atoms with Gasteiger partial charge in [-0.15, -0.1) is 0 Å². The lowest BCUT2D eigenvalue weighted by atomic mass is 9.31. The molecule has 6 nitrogen and oxygen atoms in total. The molecule has 39 heavy (non-hydrogen) atoms. The van der Waals surface area contributed by atoms with Gasteiger partial charge in [0, 0.05) is 30.1 Å². The van der Waals surface area contributed by atoms with Gasteiger partial charge in [0.15, 0.2) is 0 Å². The molecule has 0 unspecified atom stereocenters. The molecule has 0 aromatic carbocycles. The minimum Gasteiger partial charge on any atom is -0.395 e. The van der Waals surface area contributed by atoms with Gasteiger partial charge >= 0.3 is 0 Å². The summed E-state index contributed by atoms with van der Waals surface area (Å²) in [5.74, 6) is 2.72. The summed E-state index contributed by atoms with van der Waals surface area (Å²) >= 11 is 0. The molecular formula is C33H59N3O3. The Labute approximate surface area is 237 Å². The number of aliphatic hydroxyl groups excluding tert-OH is 2. The quantitative estimate of drug-likeness (QED) is 0.264. The lowest BCUT2D eigenvalue weighted by molar-refractivity contribution is -0.305. The van der Waals surface area contributed by atoms with E-state index in [-0.39, 0.29) is 40.9 Å². The van der Waals surface area contributed by atoms with Crippen LogP contribution in [0.15, 0.2) is 0 Å². The second kappa shape index (κ2) is 10.5. The summed E-state index contributed by atoms with van der Waals surface area (Å²) in [7, 11) is 4.03. The maximum Gasteiger partial charge on any atom is 0.0687 e. The van der Waals surface area contributed by atoms with Crippen molar-refractivity contribution in [1.82, 2.24) is 16.0 Å². The third-order valence-electron chi connectivity index (χ3n) is 14.0. The zero-order valence-electron chi connectivity index (χ0n) is 25.4. The molecule has 6 fully saturated rings. The lowest BCUT2D eigenvalue weighted by Crippen LogP contribution is -2.76. The normalized spacial score (nSPS) is 51.9. The van der Waals surface area contributed by atoms with E-state index in [1.807, 2.05) is 7.05 Å². The number of rotatable bonds is 9. The van der Waals surface area contributed by atoms with E-state index in [1.54, 1.807) is 0 Å². The second-order valence-electron chi connectivity index (χ2n) is 16.0. The van der Waals surface area contributed by atoms with Crippen LogP contribution in [0.2, 0.25) is 0 Å². The molecule has 224 valence electrons. The fourth-order valence-electron chi connectivity index (χ4n) is 12.4. The van der Waals surface area contributed by atoms with E-state index in [0.717, 1.165) is 57.9 Å². The number of nitrogens with one attached hydrogen (secondary N) is 3. The van der Waals surface area contributed by atoms with Gasteiger partial charge in [0.2, 0.25) is 0 Å². The Morgan fingerprint density at radius 2 is 1.90 bits per heavy atom. The molecule has 2 bridgehead atoms. The van der Waals surface area contributed by atoms with Crippen LogP contribution in [0, 0.1) is 45.8 Å². The van der Waals surface area contributed by atoms with Gasteiger partial charge in [-0.1, -0.05) is 33.1 Å². The maximum absolute atomic E-state index is 12.3. The first-order valence-corrected chi connectivity index (χ1v) is 16.7. The minimum atomic E-state index is -0.580. The Morgan fingerprint density at radius 3 is 2.64 bits per heavy atom. The van der Waals surface area contributed by atoms with Crippen molar-refractivity contribution in [3.63, 3.8) is 0 Å². The van der Waals surface area contributed by atoms with Crippen LogP contribution in [0.4, 0.5) is 0 Å². The van der Waals surface area contributed by atoms with Gasteiger partial charge in [0.25, 0.3) is 0 Å². The molecule has 0 amide bonds. The average Bonchev–Trinajstić information content (AvgIpc) is 3.27. The van der Waals surface area contributed by atoms with Gasteiger partial charge in [-0.2, -0.15) is 0 Å². The number of piperidine rings is 1. The average molecular weight is 546 g/mol. The number of aliphatic hydroxyl groups is 3. The Balaban J connectivity index is 1.29. The summed E-state index contributed by atoms with van der Waals surface area (Å²) in [6, 6.07) is 1.30. The highest BCUT2D eigenvalue weighted by molar-refractivity contribution is 5.29. The zero-order chi connectivity index (χ0) is 27.6. The lowest BCUT2D eigenvalue weighted by Gasteiger charge is -2.75. The van der Waals surface area contributed by atoms with E-state index in [4.69, 9.17) is 0 Å². The Bertz CT molecular complexity index is 884. The van der Waals surface area contributed by atoms with Gasteiger partial charge in [-0.25, -0.2) is 0 Å². The number of hydrogen-bond donors (Lipinski definition) is 6. The van der Waals surface area contributed by atoms with Gasteiger partial charge in [0.1, 0.15) is 0 Å². The van der Waals surface area contributed by atoms with Gasteiger partial charge in [0.05, 0.1) is 18.3 Å². The summed E-state index contributed by atoms with van der Waals surface area (Å²) in [6.07, 6.45) is 15.7. The van der Waals surface area contributed by atoms with Crippen LogP contribution in [0.1, 0.15) is 104 Å². The summed E-state index contributed by atoms with van der Waals surface area (Å²) in [4.78, 5) is 0. The standard InChI is InChI=1S/C33H59N3O3/c1-21(26(19-37)35-4)7-5-8-22-13-25-29-23(9-10-24(36-29)18-34-3)15-33-27(16-31(25,33)14-22)32(39)12-6-11-30(2,20-32)17-28(33)38/h21-29,34-39H,5-20H2,1-4H3/t21-,22-,23-,24+,25-,26-,27-,28-,29+,30-,31+,32+,33-/m0/s1. The molecular weight excluding hydrogens is 486 g/mol. The van der Waals surface area contributed by atoms with Crippen molar-refractivity contribution in [3.05, 3.63) is 0 Å². The van der Waals surface area contributed by atoms with Gasteiger partial charge in [-0.3, -0.25) is 0 Å². The highest BCUT2D eigenvalue weighted by Gasteiger charge is 2.80. The number of hydrogen-bond acceptors (Lipinski definition) is 6. The predicted molar refractivity (Wildman–Crippen MR) is 156 cm³/mol. The first kappa shape index (κ1) is 28.9. The molecule has 0 aromatic heterocycles. The first-order valence-electron chi connectivity index (χ1n) is 16.7. The van der Waals surface area contributed by atoms with Crippen LogP contribution in [0.25, 0.3) is 0 Å². The molecule has 5 saturated carbocycles. The first-order chi connectivity index (χ1) is 18.6. The van der Waals surface area contributed by atoms with E-state index in [0.29, 0.717) is 35.8 Å². The van der Waals surface area contributed by atoms with Crippen LogP contribution in [-0.4, -0.2) is 72.4 Å². The zero-order valence-corrected chi connectivity index (χ0v) is 25.4. The fourth-order valence-corrected chi connectivity index (χ4v) is 12.4. The van der Waals surface area contributed by atoms with E-state index >= 15 is 0 Å². The molecule has 0 radical (unpaired) electrons. The Kier molecular flexibility index (Phi) is 7.76. The largest absolute Gasteiger partial charge is 0.395 e. The van der Waals surface area contributed by atoms with Crippen molar-refractivity contribution in [3.8, 4) is 0 Å². The third-order valence-corrected chi connectivity index (χ3v) is 14.0. The molecule has 1 heterocycles. The van der Waals surface area contributed by atoms with Crippen LogP contribution in [-0.2, 0) is 0 Å². The molecule has 0 aromatic rings. The molecule has 6 rings (SSSR count). The Hall–Kier alpha value is -0.240. The van der Waals surface area contributed by atoms with Crippen molar-refractivity contribution in [2.45, 2.75) is 134 Å². The van der Waals surface area contributed by atoms with Crippen LogP contribution in [0.3, 0.4) is 0 Å². The molecule has 1 aliphatic heterocycles. The monoisotopic (exact) mass is 545 g/mol. The molecule has 2 spiro atoms. The SMILES string of the molecule is CNC[C@H]1CC[C@H]2C[C@@]34[C@@H](O)C[C@]5(C)CCC[C@@](O)(C5)[C@@H]3C[C@@]43C[C@@H](CCC[C@H](C)[C@H](CO)NC)C[C@H]3[C@@H]2N1. The van der Waals surface area contributed by atoms with Crippen molar-refractivity contribution < 1.29 is 15.3 Å². The summed E-state index contributed by atoms with van der Waals surface area (Å²) in [5.41, 5.74) is -0.405. The fraction of sp³-hybridized carbons (Fsp3) is 1.00. The van der Waals surface area contributed by atoms with Gasteiger partial charge in [-0.05, 0) is 125 Å². The van der Waals surface area contributed by atoms with E-state index in [9.17, 15) is 15.3 Å². The van der Waals surface area contributed by atoms with Crippen molar-refractivity contribution in [1.29, 1.82) is 0 Å². The number of likely N-dealkylation sites (N-methyl/N-ethyl adjacent to an activating group) is 2. The summed E-state index contributed by atoms with van der Waals surface area (Å²) < 4.78 is 0. The number of fused-ring (bicyclic) bond motifs is 5. The topological polar surface area (TPSA) is 96.8 Å².